The minimum atomic E-state index is 0.458. The standard InChI is InChI=1S/C18H14Cl2N2O/c1-23-15-7-5-14(6-8-15)22-10-9-13(12-22)11-21-17-4-2-3-16(19)18(17)20/h2-12H,1H3. The van der Waals surface area contributed by atoms with Crippen molar-refractivity contribution in [2.75, 3.05) is 7.11 Å². The third-order valence-electron chi connectivity index (χ3n) is 3.37. The van der Waals surface area contributed by atoms with Gasteiger partial charge in [0.25, 0.3) is 0 Å². The Labute approximate surface area is 144 Å². The minimum absolute atomic E-state index is 0.458. The van der Waals surface area contributed by atoms with Crippen LogP contribution in [-0.4, -0.2) is 17.9 Å². The number of rotatable bonds is 4. The molecule has 0 aliphatic carbocycles. The summed E-state index contributed by atoms with van der Waals surface area (Å²) < 4.78 is 7.18. The Bertz CT molecular complexity index is 838. The van der Waals surface area contributed by atoms with Gasteiger partial charge in [-0.05, 0) is 42.5 Å². The van der Waals surface area contributed by atoms with Crippen LogP contribution in [0.3, 0.4) is 0 Å². The Balaban J connectivity index is 1.81. The highest BCUT2D eigenvalue weighted by molar-refractivity contribution is 6.43. The second-order valence-electron chi connectivity index (χ2n) is 4.88. The molecule has 3 aromatic rings. The molecular weight excluding hydrogens is 331 g/mol. The van der Waals surface area contributed by atoms with Crippen molar-refractivity contribution in [2.24, 2.45) is 4.99 Å². The Hall–Kier alpha value is -2.23. The lowest BCUT2D eigenvalue weighted by atomic mass is 10.3. The largest absolute Gasteiger partial charge is 0.497 e. The predicted octanol–water partition coefficient (Wildman–Crippen LogP) is 5.54. The quantitative estimate of drug-likeness (QED) is 0.570. The molecule has 0 saturated heterocycles. The molecule has 3 rings (SSSR count). The van der Waals surface area contributed by atoms with E-state index in [0.717, 1.165) is 17.0 Å². The number of nitrogens with zero attached hydrogens (tertiary/aromatic N) is 2. The van der Waals surface area contributed by atoms with Gasteiger partial charge in [-0.3, -0.25) is 4.99 Å². The van der Waals surface area contributed by atoms with Crippen molar-refractivity contribution >= 4 is 35.1 Å². The minimum Gasteiger partial charge on any atom is -0.497 e. The summed E-state index contributed by atoms with van der Waals surface area (Å²) in [6, 6.07) is 15.2. The van der Waals surface area contributed by atoms with Crippen LogP contribution in [0.1, 0.15) is 5.56 Å². The van der Waals surface area contributed by atoms with E-state index in [1.54, 1.807) is 19.4 Å². The molecule has 1 heterocycles. The fraction of sp³-hybridized carbons (Fsp3) is 0.0556. The van der Waals surface area contributed by atoms with E-state index >= 15 is 0 Å². The van der Waals surface area contributed by atoms with Gasteiger partial charge in [0, 0.05) is 29.9 Å². The lowest BCUT2D eigenvalue weighted by molar-refractivity contribution is 0.415. The highest BCUT2D eigenvalue weighted by Crippen LogP contribution is 2.31. The van der Waals surface area contributed by atoms with Crippen LogP contribution in [0.5, 0.6) is 5.75 Å². The molecule has 5 heteroatoms. The van der Waals surface area contributed by atoms with Gasteiger partial charge in [-0.25, -0.2) is 0 Å². The zero-order chi connectivity index (χ0) is 16.2. The van der Waals surface area contributed by atoms with Crippen molar-refractivity contribution in [3.63, 3.8) is 0 Å². The molecule has 0 amide bonds. The van der Waals surface area contributed by atoms with Gasteiger partial charge in [-0.1, -0.05) is 29.3 Å². The van der Waals surface area contributed by atoms with E-state index < -0.39 is 0 Å². The molecule has 0 spiro atoms. The van der Waals surface area contributed by atoms with Crippen LogP contribution < -0.4 is 4.74 Å². The van der Waals surface area contributed by atoms with Crippen LogP contribution in [-0.2, 0) is 0 Å². The van der Waals surface area contributed by atoms with E-state index in [9.17, 15) is 0 Å². The number of benzene rings is 2. The SMILES string of the molecule is COc1ccc(-n2ccc(C=Nc3cccc(Cl)c3Cl)c2)cc1. The number of ether oxygens (including phenoxy) is 1. The second-order valence-corrected chi connectivity index (χ2v) is 5.67. The first kappa shape index (κ1) is 15.7. The molecule has 116 valence electrons. The highest BCUT2D eigenvalue weighted by Gasteiger charge is 2.03. The first-order valence-corrected chi connectivity index (χ1v) is 7.73. The molecule has 0 aliphatic heterocycles. The van der Waals surface area contributed by atoms with E-state index in [1.165, 1.54) is 0 Å². The highest BCUT2D eigenvalue weighted by atomic mass is 35.5. The van der Waals surface area contributed by atoms with E-state index in [1.807, 2.05) is 59.4 Å². The van der Waals surface area contributed by atoms with E-state index in [-0.39, 0.29) is 0 Å². The average Bonchev–Trinajstić information content (AvgIpc) is 3.05. The summed E-state index contributed by atoms with van der Waals surface area (Å²) in [6.45, 7) is 0. The number of aromatic nitrogens is 1. The summed E-state index contributed by atoms with van der Waals surface area (Å²) in [5.41, 5.74) is 2.67. The van der Waals surface area contributed by atoms with Crippen LogP contribution in [0.2, 0.25) is 10.0 Å². The van der Waals surface area contributed by atoms with Gasteiger partial charge >= 0.3 is 0 Å². The van der Waals surface area contributed by atoms with E-state index in [0.29, 0.717) is 15.7 Å². The van der Waals surface area contributed by atoms with Gasteiger partial charge in [-0.2, -0.15) is 0 Å². The summed E-state index contributed by atoms with van der Waals surface area (Å²) in [5, 5.41) is 0.956. The smallest absolute Gasteiger partial charge is 0.119 e. The Kier molecular flexibility index (Phi) is 4.70. The normalized spacial score (nSPS) is 11.1. The van der Waals surface area contributed by atoms with Crippen molar-refractivity contribution in [3.05, 3.63) is 76.5 Å². The number of methoxy groups -OCH3 is 1. The van der Waals surface area contributed by atoms with Crippen LogP contribution in [0, 0.1) is 0 Å². The number of halogens is 2. The lowest BCUT2D eigenvalue weighted by Gasteiger charge is -2.04. The van der Waals surface area contributed by atoms with Crippen LogP contribution in [0.4, 0.5) is 5.69 Å². The fourth-order valence-corrected chi connectivity index (χ4v) is 2.48. The molecule has 0 fully saturated rings. The fourth-order valence-electron chi connectivity index (χ4n) is 2.14. The van der Waals surface area contributed by atoms with E-state index in [2.05, 4.69) is 4.99 Å². The zero-order valence-corrected chi connectivity index (χ0v) is 13.9. The molecule has 0 atom stereocenters. The van der Waals surface area contributed by atoms with Gasteiger partial charge in [0.2, 0.25) is 0 Å². The molecule has 3 nitrogen and oxygen atoms in total. The van der Waals surface area contributed by atoms with Gasteiger partial charge in [-0.15, -0.1) is 0 Å². The maximum atomic E-state index is 6.13. The third-order valence-corrected chi connectivity index (χ3v) is 4.18. The number of aliphatic imine (C=N–C) groups is 1. The molecule has 2 aromatic carbocycles. The monoisotopic (exact) mass is 344 g/mol. The van der Waals surface area contributed by atoms with Crippen molar-refractivity contribution in [3.8, 4) is 11.4 Å². The molecule has 0 N–H and O–H groups in total. The van der Waals surface area contributed by atoms with Crippen LogP contribution >= 0.6 is 23.2 Å². The molecular formula is C18H14Cl2N2O. The first-order valence-electron chi connectivity index (χ1n) is 6.98. The zero-order valence-electron chi connectivity index (χ0n) is 12.4. The average molecular weight is 345 g/mol. The summed E-state index contributed by atoms with van der Waals surface area (Å²) in [4.78, 5) is 4.40. The summed E-state index contributed by atoms with van der Waals surface area (Å²) >= 11 is 12.1. The van der Waals surface area contributed by atoms with Gasteiger partial charge in [0.15, 0.2) is 0 Å². The second kappa shape index (κ2) is 6.90. The summed E-state index contributed by atoms with van der Waals surface area (Å²) in [6.07, 6.45) is 5.73. The third kappa shape index (κ3) is 3.58. The molecule has 1 aromatic heterocycles. The molecule has 0 unspecified atom stereocenters. The van der Waals surface area contributed by atoms with Crippen molar-refractivity contribution in [2.45, 2.75) is 0 Å². The Morgan fingerprint density at radius 3 is 2.57 bits per heavy atom. The Morgan fingerprint density at radius 1 is 1.04 bits per heavy atom. The molecule has 0 radical (unpaired) electrons. The maximum Gasteiger partial charge on any atom is 0.119 e. The van der Waals surface area contributed by atoms with Gasteiger partial charge < -0.3 is 9.30 Å². The summed E-state index contributed by atoms with van der Waals surface area (Å²) in [7, 11) is 1.65. The predicted molar refractivity (Wildman–Crippen MR) is 96.0 cm³/mol. The molecule has 0 saturated carbocycles. The number of hydrogen-bond acceptors (Lipinski definition) is 2. The van der Waals surface area contributed by atoms with Crippen molar-refractivity contribution < 1.29 is 4.74 Å². The van der Waals surface area contributed by atoms with E-state index in [4.69, 9.17) is 27.9 Å². The van der Waals surface area contributed by atoms with Gasteiger partial charge in [0.1, 0.15) is 5.75 Å². The van der Waals surface area contributed by atoms with Crippen molar-refractivity contribution in [1.29, 1.82) is 0 Å². The molecule has 0 aliphatic rings. The topological polar surface area (TPSA) is 26.5 Å². The maximum absolute atomic E-state index is 6.13. The lowest BCUT2D eigenvalue weighted by Crippen LogP contribution is -1.90. The molecule has 23 heavy (non-hydrogen) atoms. The van der Waals surface area contributed by atoms with Crippen LogP contribution in [0.25, 0.3) is 5.69 Å². The van der Waals surface area contributed by atoms with Gasteiger partial charge in [0.05, 0.1) is 22.8 Å². The first-order chi connectivity index (χ1) is 11.2. The molecule has 0 bridgehead atoms. The Morgan fingerprint density at radius 2 is 1.83 bits per heavy atom. The van der Waals surface area contributed by atoms with Crippen molar-refractivity contribution in [1.82, 2.24) is 4.57 Å². The number of hydrogen-bond donors (Lipinski definition) is 0. The summed E-state index contributed by atoms with van der Waals surface area (Å²) in [5.74, 6) is 0.832. The van der Waals surface area contributed by atoms with Crippen LogP contribution in [0.15, 0.2) is 65.9 Å².